The van der Waals surface area contributed by atoms with E-state index in [2.05, 4.69) is 10.1 Å². The summed E-state index contributed by atoms with van der Waals surface area (Å²) in [6.07, 6.45) is 5.27. The number of ether oxygens (including phenoxy) is 1. The molecular formula is C13H20N2O4. The molecule has 0 aromatic heterocycles. The standard InChI is InChI=1S/C13H20N2O4/c1-19-12(17)8-14-10-7-11(16)15(13(10)18)9-5-3-2-4-6-9/h9-10,14H,2-8H2,1H3. The van der Waals surface area contributed by atoms with E-state index in [1.54, 1.807) is 0 Å². The predicted molar refractivity (Wildman–Crippen MR) is 67.1 cm³/mol. The monoisotopic (exact) mass is 268 g/mol. The van der Waals surface area contributed by atoms with Crippen molar-refractivity contribution in [1.29, 1.82) is 0 Å². The topological polar surface area (TPSA) is 75.7 Å². The van der Waals surface area contributed by atoms with Crippen molar-refractivity contribution in [2.75, 3.05) is 13.7 Å². The van der Waals surface area contributed by atoms with Gasteiger partial charge in [-0.05, 0) is 12.8 Å². The molecule has 1 aliphatic carbocycles. The van der Waals surface area contributed by atoms with Crippen LogP contribution in [0.2, 0.25) is 0 Å². The van der Waals surface area contributed by atoms with Crippen LogP contribution in [0.25, 0.3) is 0 Å². The molecule has 2 rings (SSSR count). The van der Waals surface area contributed by atoms with Crippen molar-refractivity contribution >= 4 is 17.8 Å². The Morgan fingerprint density at radius 3 is 2.63 bits per heavy atom. The van der Waals surface area contributed by atoms with Crippen LogP contribution in [0.1, 0.15) is 38.5 Å². The first-order valence-corrected chi connectivity index (χ1v) is 6.79. The highest BCUT2D eigenvalue weighted by Crippen LogP contribution is 2.27. The third kappa shape index (κ3) is 3.12. The van der Waals surface area contributed by atoms with E-state index in [4.69, 9.17) is 0 Å². The number of imide groups is 1. The number of carbonyl (C=O) groups is 3. The van der Waals surface area contributed by atoms with Crippen LogP contribution in [0, 0.1) is 0 Å². The molecule has 0 radical (unpaired) electrons. The number of hydrogen-bond acceptors (Lipinski definition) is 5. The number of hydrogen-bond donors (Lipinski definition) is 1. The largest absolute Gasteiger partial charge is 0.468 e. The molecule has 1 atom stereocenters. The Bertz CT molecular complexity index is 377. The third-order valence-electron chi connectivity index (χ3n) is 3.84. The highest BCUT2D eigenvalue weighted by Gasteiger charge is 2.42. The van der Waals surface area contributed by atoms with Crippen molar-refractivity contribution in [1.82, 2.24) is 10.2 Å². The molecule has 1 saturated carbocycles. The van der Waals surface area contributed by atoms with E-state index in [0.717, 1.165) is 25.7 Å². The molecule has 1 saturated heterocycles. The molecular weight excluding hydrogens is 248 g/mol. The molecule has 0 spiro atoms. The summed E-state index contributed by atoms with van der Waals surface area (Å²) in [6, 6.07) is -0.521. The van der Waals surface area contributed by atoms with Gasteiger partial charge in [0.1, 0.15) is 0 Å². The molecule has 1 heterocycles. The minimum Gasteiger partial charge on any atom is -0.468 e. The Morgan fingerprint density at radius 2 is 2.00 bits per heavy atom. The highest BCUT2D eigenvalue weighted by atomic mass is 16.5. The number of methoxy groups -OCH3 is 1. The Morgan fingerprint density at radius 1 is 1.32 bits per heavy atom. The smallest absolute Gasteiger partial charge is 0.319 e. The summed E-state index contributed by atoms with van der Waals surface area (Å²) >= 11 is 0. The number of carbonyl (C=O) groups excluding carboxylic acids is 3. The Balaban J connectivity index is 1.93. The summed E-state index contributed by atoms with van der Waals surface area (Å²) in [6.45, 7) is -0.0430. The van der Waals surface area contributed by atoms with Crippen molar-refractivity contribution in [2.24, 2.45) is 0 Å². The summed E-state index contributed by atoms with van der Waals surface area (Å²) in [4.78, 5) is 36.6. The van der Waals surface area contributed by atoms with Gasteiger partial charge in [0.15, 0.2) is 0 Å². The van der Waals surface area contributed by atoms with Gasteiger partial charge in [-0.15, -0.1) is 0 Å². The van der Waals surface area contributed by atoms with Crippen molar-refractivity contribution in [3.05, 3.63) is 0 Å². The van der Waals surface area contributed by atoms with E-state index < -0.39 is 12.0 Å². The molecule has 2 fully saturated rings. The van der Waals surface area contributed by atoms with E-state index in [9.17, 15) is 14.4 Å². The van der Waals surface area contributed by atoms with Crippen LogP contribution in [0.5, 0.6) is 0 Å². The summed E-state index contributed by atoms with van der Waals surface area (Å²) in [5.41, 5.74) is 0. The van der Waals surface area contributed by atoms with Crippen LogP contribution in [-0.4, -0.2) is 48.4 Å². The van der Waals surface area contributed by atoms with Gasteiger partial charge in [0, 0.05) is 6.04 Å². The fraction of sp³-hybridized carbons (Fsp3) is 0.769. The zero-order valence-corrected chi connectivity index (χ0v) is 11.2. The van der Waals surface area contributed by atoms with Gasteiger partial charge in [0.2, 0.25) is 11.8 Å². The lowest BCUT2D eigenvalue weighted by atomic mass is 9.94. The number of nitrogens with one attached hydrogen (secondary N) is 1. The van der Waals surface area contributed by atoms with Gasteiger partial charge < -0.3 is 4.74 Å². The first-order valence-electron chi connectivity index (χ1n) is 6.79. The molecule has 1 unspecified atom stereocenters. The molecule has 1 N–H and O–H groups in total. The lowest BCUT2D eigenvalue weighted by molar-refractivity contribution is -0.142. The normalized spacial score (nSPS) is 24.9. The van der Waals surface area contributed by atoms with Gasteiger partial charge in [-0.2, -0.15) is 0 Å². The summed E-state index contributed by atoms with van der Waals surface area (Å²) < 4.78 is 4.50. The van der Waals surface area contributed by atoms with Crippen LogP contribution < -0.4 is 5.32 Å². The number of esters is 1. The maximum Gasteiger partial charge on any atom is 0.319 e. The van der Waals surface area contributed by atoms with Gasteiger partial charge in [0.25, 0.3) is 0 Å². The molecule has 0 aromatic carbocycles. The second-order valence-electron chi connectivity index (χ2n) is 5.11. The number of rotatable bonds is 4. The van der Waals surface area contributed by atoms with E-state index in [1.807, 2.05) is 0 Å². The zero-order chi connectivity index (χ0) is 13.8. The average molecular weight is 268 g/mol. The molecule has 6 heteroatoms. The SMILES string of the molecule is COC(=O)CNC1CC(=O)N(C2CCCCC2)C1=O. The average Bonchev–Trinajstić information content (AvgIpc) is 2.71. The maximum atomic E-state index is 12.2. The molecule has 6 nitrogen and oxygen atoms in total. The predicted octanol–water partition coefficient (Wildman–Crippen LogP) is 0.209. The van der Waals surface area contributed by atoms with E-state index in [-0.39, 0.29) is 30.8 Å². The molecule has 106 valence electrons. The first-order chi connectivity index (χ1) is 9.13. The van der Waals surface area contributed by atoms with Gasteiger partial charge >= 0.3 is 5.97 Å². The Labute approximate surface area is 112 Å². The Kier molecular flexibility index (Phi) is 4.52. The van der Waals surface area contributed by atoms with Crippen LogP contribution in [0.3, 0.4) is 0 Å². The minimum absolute atomic E-state index is 0.0430. The number of amides is 2. The van der Waals surface area contributed by atoms with Crippen LogP contribution in [0.15, 0.2) is 0 Å². The van der Waals surface area contributed by atoms with Crippen molar-refractivity contribution < 1.29 is 19.1 Å². The van der Waals surface area contributed by atoms with Crippen LogP contribution in [0.4, 0.5) is 0 Å². The highest BCUT2D eigenvalue weighted by molar-refractivity contribution is 6.06. The van der Waals surface area contributed by atoms with Gasteiger partial charge in [0.05, 0.1) is 26.1 Å². The molecule has 2 amide bonds. The fourth-order valence-corrected chi connectivity index (χ4v) is 2.81. The lowest BCUT2D eigenvalue weighted by Crippen LogP contribution is -2.45. The Hall–Kier alpha value is -1.43. The first kappa shape index (κ1) is 14.0. The fourth-order valence-electron chi connectivity index (χ4n) is 2.81. The van der Waals surface area contributed by atoms with E-state index in [0.29, 0.717) is 0 Å². The van der Waals surface area contributed by atoms with Crippen molar-refractivity contribution in [3.63, 3.8) is 0 Å². The van der Waals surface area contributed by atoms with Crippen molar-refractivity contribution in [2.45, 2.75) is 50.6 Å². The van der Waals surface area contributed by atoms with E-state index in [1.165, 1.54) is 18.4 Å². The van der Waals surface area contributed by atoms with Crippen LogP contribution in [-0.2, 0) is 19.1 Å². The quantitative estimate of drug-likeness (QED) is 0.582. The minimum atomic E-state index is -0.575. The third-order valence-corrected chi connectivity index (χ3v) is 3.84. The van der Waals surface area contributed by atoms with E-state index >= 15 is 0 Å². The molecule has 2 aliphatic rings. The number of likely N-dealkylation sites (tertiary alicyclic amines) is 1. The number of nitrogens with zero attached hydrogens (tertiary/aromatic N) is 1. The molecule has 0 aromatic rings. The second-order valence-corrected chi connectivity index (χ2v) is 5.11. The summed E-state index contributed by atoms with van der Waals surface area (Å²) in [7, 11) is 1.29. The van der Waals surface area contributed by atoms with Gasteiger partial charge in [-0.1, -0.05) is 19.3 Å². The zero-order valence-electron chi connectivity index (χ0n) is 11.2. The summed E-state index contributed by atoms with van der Waals surface area (Å²) in [5.74, 6) is -0.753. The summed E-state index contributed by atoms with van der Waals surface area (Å²) in [5, 5.41) is 2.79. The maximum absolute atomic E-state index is 12.2. The second kappa shape index (κ2) is 6.14. The van der Waals surface area contributed by atoms with Crippen molar-refractivity contribution in [3.8, 4) is 0 Å². The molecule has 0 bridgehead atoms. The molecule has 19 heavy (non-hydrogen) atoms. The van der Waals surface area contributed by atoms with Crippen LogP contribution >= 0.6 is 0 Å². The molecule has 1 aliphatic heterocycles. The van der Waals surface area contributed by atoms with Gasteiger partial charge in [-0.25, -0.2) is 0 Å². The lowest BCUT2D eigenvalue weighted by Gasteiger charge is -2.29. The van der Waals surface area contributed by atoms with Gasteiger partial charge in [-0.3, -0.25) is 24.6 Å².